The molecule has 0 atom stereocenters. The molecule has 7 heteroatoms. The summed E-state index contributed by atoms with van der Waals surface area (Å²) in [4.78, 5) is 24.3. The molecule has 21 heavy (non-hydrogen) atoms. The van der Waals surface area contributed by atoms with Gasteiger partial charge in [0, 0.05) is 22.3 Å². The van der Waals surface area contributed by atoms with Gasteiger partial charge in [0.2, 0.25) is 5.91 Å². The van der Waals surface area contributed by atoms with E-state index in [0.29, 0.717) is 13.1 Å². The molecule has 0 aromatic heterocycles. The average Bonchev–Trinajstić information content (AvgIpc) is 2.34. The van der Waals surface area contributed by atoms with E-state index in [1.807, 2.05) is 36.1 Å². The lowest BCUT2D eigenvalue weighted by Crippen LogP contribution is -2.63. The van der Waals surface area contributed by atoms with Crippen molar-refractivity contribution >= 4 is 40.2 Å². The van der Waals surface area contributed by atoms with Crippen molar-refractivity contribution in [3.05, 3.63) is 27.8 Å². The van der Waals surface area contributed by atoms with Crippen molar-refractivity contribution in [3.8, 4) is 0 Å². The topological polar surface area (TPSA) is 78.9 Å². The Morgan fingerprint density at radius 2 is 2.19 bits per heavy atom. The highest BCUT2D eigenvalue weighted by molar-refractivity contribution is 14.1. The summed E-state index contributed by atoms with van der Waals surface area (Å²) in [6.07, 6.45) is 0. The number of ether oxygens (including phenoxy) is 1. The number of rotatable bonds is 6. The zero-order valence-corrected chi connectivity index (χ0v) is 13.8. The van der Waals surface area contributed by atoms with Crippen molar-refractivity contribution in [2.45, 2.75) is 12.5 Å². The van der Waals surface area contributed by atoms with Crippen LogP contribution in [0.5, 0.6) is 0 Å². The second-order valence-corrected chi connectivity index (χ2v) is 6.58. The number of nitrogens with one attached hydrogen (secondary N) is 1. The molecule has 0 saturated carbocycles. The highest BCUT2D eigenvalue weighted by atomic mass is 127. The Morgan fingerprint density at radius 3 is 2.81 bits per heavy atom. The first-order valence-corrected chi connectivity index (χ1v) is 7.58. The Hall–Kier alpha value is -1.19. The van der Waals surface area contributed by atoms with Crippen molar-refractivity contribution in [1.82, 2.24) is 4.90 Å². The molecule has 0 radical (unpaired) electrons. The molecule has 1 amide bonds. The van der Waals surface area contributed by atoms with E-state index in [1.54, 1.807) is 0 Å². The van der Waals surface area contributed by atoms with Gasteiger partial charge in [-0.05, 0) is 47.7 Å². The normalized spacial score (nSPS) is 17.0. The fraction of sp³-hybridized carbons (Fsp3) is 0.429. The quantitative estimate of drug-likeness (QED) is 0.702. The summed E-state index contributed by atoms with van der Waals surface area (Å²) in [6.45, 7) is 2.93. The van der Waals surface area contributed by atoms with E-state index in [0.717, 1.165) is 9.26 Å². The summed E-state index contributed by atoms with van der Waals surface area (Å²) >= 11 is 2.19. The lowest BCUT2D eigenvalue weighted by Gasteiger charge is -2.46. The maximum absolute atomic E-state index is 11.9. The van der Waals surface area contributed by atoms with Crippen LogP contribution in [-0.2, 0) is 14.3 Å². The van der Waals surface area contributed by atoms with E-state index in [1.165, 1.54) is 0 Å². The molecule has 1 fully saturated rings. The zero-order chi connectivity index (χ0) is 15.5. The van der Waals surface area contributed by atoms with Crippen LogP contribution < -0.4 is 5.32 Å². The second kappa shape index (κ2) is 6.71. The lowest BCUT2D eigenvalue weighted by atomic mass is 9.96. The third-order valence-corrected chi connectivity index (χ3v) is 3.81. The minimum atomic E-state index is -0.980. The summed E-state index contributed by atoms with van der Waals surface area (Å²) < 4.78 is 6.36. The van der Waals surface area contributed by atoms with Crippen molar-refractivity contribution in [3.63, 3.8) is 0 Å². The number of nitrogens with zero attached hydrogens (tertiary/aromatic N) is 1. The smallest absolute Gasteiger partial charge is 0.329 e. The minimum absolute atomic E-state index is 0.0858. The minimum Gasteiger partial charge on any atom is -0.480 e. The number of carbonyl (C=O) groups excluding carboxylic acids is 1. The third-order valence-electron chi connectivity index (χ3n) is 3.14. The van der Waals surface area contributed by atoms with E-state index in [-0.39, 0.29) is 19.1 Å². The molecule has 114 valence electrons. The van der Waals surface area contributed by atoms with E-state index in [2.05, 4.69) is 27.9 Å². The van der Waals surface area contributed by atoms with Crippen molar-refractivity contribution in [2.24, 2.45) is 0 Å². The van der Waals surface area contributed by atoms with Gasteiger partial charge in [-0.2, -0.15) is 0 Å². The Kier molecular flexibility index (Phi) is 5.17. The molecule has 1 saturated heterocycles. The number of halogens is 1. The Balaban J connectivity index is 1.74. The summed E-state index contributed by atoms with van der Waals surface area (Å²) in [6, 6.07) is 7.58. The van der Waals surface area contributed by atoms with Gasteiger partial charge in [0.1, 0.15) is 6.61 Å². The van der Waals surface area contributed by atoms with E-state index in [4.69, 9.17) is 9.84 Å². The Labute approximate surface area is 136 Å². The highest BCUT2D eigenvalue weighted by Crippen LogP contribution is 2.24. The maximum Gasteiger partial charge on any atom is 0.329 e. The van der Waals surface area contributed by atoms with Gasteiger partial charge in [0.15, 0.2) is 0 Å². The molecule has 2 rings (SSSR count). The van der Waals surface area contributed by atoms with Crippen LogP contribution in [0.3, 0.4) is 0 Å². The first-order valence-electron chi connectivity index (χ1n) is 6.50. The van der Waals surface area contributed by atoms with Gasteiger partial charge in [-0.15, -0.1) is 0 Å². The van der Waals surface area contributed by atoms with Crippen LogP contribution in [0.2, 0.25) is 0 Å². The van der Waals surface area contributed by atoms with Gasteiger partial charge in [0.05, 0.1) is 12.1 Å². The molecule has 1 aliphatic rings. The number of anilines is 1. The fourth-order valence-corrected chi connectivity index (χ4v) is 2.85. The maximum atomic E-state index is 11.9. The zero-order valence-electron chi connectivity index (χ0n) is 11.6. The average molecular weight is 404 g/mol. The molecule has 0 bridgehead atoms. The van der Waals surface area contributed by atoms with Crippen LogP contribution in [0.1, 0.15) is 6.92 Å². The van der Waals surface area contributed by atoms with Gasteiger partial charge in [-0.3, -0.25) is 9.69 Å². The van der Waals surface area contributed by atoms with E-state index >= 15 is 0 Å². The number of benzene rings is 1. The molecule has 0 aliphatic carbocycles. The van der Waals surface area contributed by atoms with Gasteiger partial charge >= 0.3 is 5.97 Å². The standard InChI is InChI=1S/C14H17IN2O4/c1-14(21-7-13(19)20)8-17(9-14)6-12(18)16-11-4-2-3-10(15)5-11/h2-5H,6-9H2,1H3,(H,16,18)(H,19,20). The fourth-order valence-electron chi connectivity index (χ4n) is 2.31. The van der Waals surface area contributed by atoms with Crippen LogP contribution in [-0.4, -0.2) is 53.7 Å². The second-order valence-electron chi connectivity index (χ2n) is 5.34. The van der Waals surface area contributed by atoms with Crippen molar-refractivity contribution < 1.29 is 19.4 Å². The van der Waals surface area contributed by atoms with Gasteiger partial charge in [-0.1, -0.05) is 6.07 Å². The molecule has 1 heterocycles. The number of aliphatic carboxylic acids is 1. The predicted octanol–water partition coefficient (Wildman–Crippen LogP) is 1.41. The molecular weight excluding hydrogens is 387 g/mol. The van der Waals surface area contributed by atoms with Crippen LogP contribution in [0.4, 0.5) is 5.69 Å². The molecule has 0 unspecified atom stereocenters. The summed E-state index contributed by atoms with van der Waals surface area (Å²) in [7, 11) is 0. The van der Waals surface area contributed by atoms with Crippen molar-refractivity contribution in [2.75, 3.05) is 31.6 Å². The number of carbonyl (C=O) groups is 2. The summed E-state index contributed by atoms with van der Waals surface area (Å²) in [5.74, 6) is -1.07. The number of hydrogen-bond donors (Lipinski definition) is 2. The van der Waals surface area contributed by atoms with Gasteiger partial charge in [-0.25, -0.2) is 4.79 Å². The largest absolute Gasteiger partial charge is 0.480 e. The first-order chi connectivity index (χ1) is 9.86. The van der Waals surface area contributed by atoms with Gasteiger partial charge in [0.25, 0.3) is 0 Å². The number of carboxylic acid groups (broad SMARTS) is 1. The SMILES string of the molecule is CC1(OCC(=O)O)CN(CC(=O)Nc2cccc(I)c2)C1. The van der Waals surface area contributed by atoms with E-state index in [9.17, 15) is 9.59 Å². The monoisotopic (exact) mass is 404 g/mol. The molecule has 6 nitrogen and oxygen atoms in total. The highest BCUT2D eigenvalue weighted by Gasteiger charge is 2.40. The molecule has 0 spiro atoms. The molecule has 1 aromatic rings. The van der Waals surface area contributed by atoms with Crippen LogP contribution in [0.15, 0.2) is 24.3 Å². The third kappa shape index (κ3) is 4.94. The molecule has 1 aromatic carbocycles. The molecular formula is C14H17IN2O4. The number of amides is 1. The summed E-state index contributed by atoms with van der Waals surface area (Å²) in [5, 5.41) is 11.4. The number of likely N-dealkylation sites (tertiary alicyclic amines) is 1. The van der Waals surface area contributed by atoms with Crippen LogP contribution >= 0.6 is 22.6 Å². The molecule has 1 aliphatic heterocycles. The lowest BCUT2D eigenvalue weighted by molar-refractivity contribution is -0.165. The van der Waals surface area contributed by atoms with Crippen molar-refractivity contribution in [1.29, 1.82) is 0 Å². The summed E-state index contributed by atoms with van der Waals surface area (Å²) in [5.41, 5.74) is 0.304. The van der Waals surface area contributed by atoms with Crippen LogP contribution in [0, 0.1) is 3.57 Å². The Morgan fingerprint density at radius 1 is 1.48 bits per heavy atom. The predicted molar refractivity (Wildman–Crippen MR) is 86.2 cm³/mol. The number of carboxylic acids is 1. The Bertz CT molecular complexity index is 544. The first kappa shape index (κ1) is 16.2. The number of hydrogen-bond acceptors (Lipinski definition) is 4. The van der Waals surface area contributed by atoms with Crippen LogP contribution in [0.25, 0.3) is 0 Å². The molecule has 2 N–H and O–H groups in total. The van der Waals surface area contributed by atoms with E-state index < -0.39 is 11.6 Å². The van der Waals surface area contributed by atoms with Gasteiger partial charge < -0.3 is 15.2 Å².